The molecule has 1 aliphatic rings. The van der Waals surface area contributed by atoms with Gasteiger partial charge in [0.05, 0.1) is 15.9 Å². The topological polar surface area (TPSA) is 29.9 Å². The Balaban J connectivity index is 1.95. The van der Waals surface area contributed by atoms with Gasteiger partial charge < -0.3 is 5.32 Å². The number of aromatic nitrogens is 2. The summed E-state index contributed by atoms with van der Waals surface area (Å²) in [6, 6.07) is 0.657. The van der Waals surface area contributed by atoms with Gasteiger partial charge in [0.15, 0.2) is 0 Å². The van der Waals surface area contributed by atoms with Crippen LogP contribution >= 0.6 is 15.9 Å². The first-order valence-electron chi connectivity index (χ1n) is 7.10. The Morgan fingerprint density at radius 2 is 2.17 bits per heavy atom. The maximum absolute atomic E-state index is 4.54. The Hall–Kier alpha value is -0.350. The minimum atomic E-state index is 0.657. The van der Waals surface area contributed by atoms with Crippen LogP contribution in [-0.2, 0) is 13.1 Å². The van der Waals surface area contributed by atoms with Gasteiger partial charge >= 0.3 is 0 Å². The number of nitrogens with zero attached hydrogens (tertiary/aromatic N) is 2. The fourth-order valence-corrected chi connectivity index (χ4v) is 2.85. The van der Waals surface area contributed by atoms with E-state index in [9.17, 15) is 0 Å². The van der Waals surface area contributed by atoms with Crippen LogP contribution in [0.4, 0.5) is 0 Å². The van der Waals surface area contributed by atoms with E-state index in [1.54, 1.807) is 0 Å². The molecule has 0 saturated heterocycles. The molecule has 2 rings (SSSR count). The van der Waals surface area contributed by atoms with Crippen LogP contribution in [0.5, 0.6) is 0 Å². The minimum absolute atomic E-state index is 0.657. The summed E-state index contributed by atoms with van der Waals surface area (Å²) in [7, 11) is 0. The third-order valence-electron chi connectivity index (χ3n) is 3.82. The molecule has 0 radical (unpaired) electrons. The molecular weight excluding hydrogens is 290 g/mol. The summed E-state index contributed by atoms with van der Waals surface area (Å²) in [6.45, 7) is 8.33. The molecule has 1 atom stereocenters. The highest BCUT2D eigenvalue weighted by Crippen LogP contribution is 2.34. The molecule has 1 heterocycles. The molecule has 1 aromatic heterocycles. The Labute approximate surface area is 118 Å². The molecule has 1 unspecified atom stereocenters. The number of aryl methyl sites for hydroxylation is 2. The maximum atomic E-state index is 4.54. The van der Waals surface area contributed by atoms with Gasteiger partial charge in [-0.15, -0.1) is 0 Å². The van der Waals surface area contributed by atoms with Crippen molar-refractivity contribution in [3.05, 3.63) is 15.9 Å². The lowest BCUT2D eigenvalue weighted by Crippen LogP contribution is -2.29. The van der Waals surface area contributed by atoms with Crippen LogP contribution in [0.1, 0.15) is 50.9 Å². The van der Waals surface area contributed by atoms with Crippen molar-refractivity contribution in [2.75, 3.05) is 0 Å². The fourth-order valence-electron chi connectivity index (χ4n) is 2.43. The second kappa shape index (κ2) is 6.20. The van der Waals surface area contributed by atoms with Crippen molar-refractivity contribution in [3.63, 3.8) is 0 Å². The number of hydrogen-bond donors (Lipinski definition) is 1. The van der Waals surface area contributed by atoms with Crippen molar-refractivity contribution >= 4 is 15.9 Å². The van der Waals surface area contributed by atoms with Gasteiger partial charge in [-0.2, -0.15) is 5.10 Å². The molecule has 4 heteroatoms. The smallest absolute Gasteiger partial charge is 0.0739 e. The fraction of sp³-hybridized carbons (Fsp3) is 0.786. The highest BCUT2D eigenvalue weighted by atomic mass is 79.9. The molecule has 1 N–H and O–H groups in total. The van der Waals surface area contributed by atoms with Crippen LogP contribution in [0.25, 0.3) is 0 Å². The zero-order chi connectivity index (χ0) is 13.1. The summed E-state index contributed by atoms with van der Waals surface area (Å²) in [6.07, 6.45) is 5.43. The van der Waals surface area contributed by atoms with E-state index < -0.39 is 0 Å². The summed E-state index contributed by atoms with van der Waals surface area (Å²) >= 11 is 3.65. The predicted molar refractivity (Wildman–Crippen MR) is 78.6 cm³/mol. The second-order valence-corrected chi connectivity index (χ2v) is 6.12. The first kappa shape index (κ1) is 14.1. The van der Waals surface area contributed by atoms with E-state index in [0.29, 0.717) is 6.04 Å². The first-order chi connectivity index (χ1) is 8.65. The second-order valence-electron chi connectivity index (χ2n) is 5.33. The lowest BCUT2D eigenvalue weighted by molar-refractivity contribution is 0.433. The average Bonchev–Trinajstić information content (AvgIpc) is 3.14. The predicted octanol–water partition coefficient (Wildman–Crippen LogP) is 3.64. The largest absolute Gasteiger partial charge is 0.308 e. The Morgan fingerprint density at radius 1 is 1.44 bits per heavy atom. The van der Waals surface area contributed by atoms with E-state index in [2.05, 4.69) is 51.8 Å². The molecule has 3 nitrogen and oxygen atoms in total. The summed E-state index contributed by atoms with van der Waals surface area (Å²) in [5.74, 6) is 0.990. The van der Waals surface area contributed by atoms with Gasteiger partial charge in [-0.3, -0.25) is 4.68 Å². The molecule has 0 bridgehead atoms. The van der Waals surface area contributed by atoms with Crippen LogP contribution in [0.2, 0.25) is 0 Å². The van der Waals surface area contributed by atoms with E-state index in [1.807, 2.05) is 0 Å². The Morgan fingerprint density at radius 3 is 2.72 bits per heavy atom. The molecule has 0 aliphatic heterocycles. The van der Waals surface area contributed by atoms with Crippen LogP contribution in [0.3, 0.4) is 0 Å². The van der Waals surface area contributed by atoms with Gasteiger partial charge in [0.2, 0.25) is 0 Å². The molecular formula is C14H24BrN3. The van der Waals surface area contributed by atoms with Crippen LogP contribution in [0.15, 0.2) is 4.47 Å². The van der Waals surface area contributed by atoms with E-state index in [0.717, 1.165) is 29.2 Å². The summed E-state index contributed by atoms with van der Waals surface area (Å²) in [5.41, 5.74) is 2.37. The molecule has 0 amide bonds. The van der Waals surface area contributed by atoms with E-state index in [-0.39, 0.29) is 0 Å². The van der Waals surface area contributed by atoms with Crippen molar-refractivity contribution < 1.29 is 0 Å². The standard InChI is InChI=1S/C14H24BrN3/c1-4-12(8-11-6-7-11)16-9-13-14(15)10(3)17-18(13)5-2/h11-12,16H,4-9H2,1-3H3. The molecule has 1 aliphatic carbocycles. The first-order valence-corrected chi connectivity index (χ1v) is 7.90. The molecule has 0 spiro atoms. The zero-order valence-corrected chi connectivity index (χ0v) is 13.3. The number of halogens is 1. The third kappa shape index (κ3) is 3.35. The van der Waals surface area contributed by atoms with Crippen LogP contribution < -0.4 is 5.32 Å². The van der Waals surface area contributed by atoms with Gasteiger partial charge in [0.1, 0.15) is 0 Å². The van der Waals surface area contributed by atoms with Gasteiger partial charge in [-0.05, 0) is 48.5 Å². The highest BCUT2D eigenvalue weighted by Gasteiger charge is 2.24. The molecule has 1 saturated carbocycles. The van der Waals surface area contributed by atoms with E-state index in [4.69, 9.17) is 0 Å². The minimum Gasteiger partial charge on any atom is -0.308 e. The summed E-state index contributed by atoms with van der Waals surface area (Å²) < 4.78 is 3.26. The molecule has 18 heavy (non-hydrogen) atoms. The monoisotopic (exact) mass is 313 g/mol. The van der Waals surface area contributed by atoms with Crippen molar-refractivity contribution in [1.29, 1.82) is 0 Å². The van der Waals surface area contributed by atoms with Crippen molar-refractivity contribution in [2.45, 2.75) is 65.6 Å². The van der Waals surface area contributed by atoms with Crippen molar-refractivity contribution in [1.82, 2.24) is 15.1 Å². The molecule has 102 valence electrons. The molecule has 1 fully saturated rings. The average molecular weight is 314 g/mol. The van der Waals surface area contributed by atoms with Gasteiger partial charge in [-0.25, -0.2) is 0 Å². The Bertz CT molecular complexity index is 396. The number of nitrogens with one attached hydrogen (secondary N) is 1. The van der Waals surface area contributed by atoms with E-state index >= 15 is 0 Å². The SMILES string of the molecule is CCC(CC1CC1)NCc1c(Br)c(C)nn1CC. The maximum Gasteiger partial charge on any atom is 0.0739 e. The van der Waals surface area contributed by atoms with Gasteiger partial charge in [0.25, 0.3) is 0 Å². The summed E-state index contributed by atoms with van der Waals surface area (Å²) in [5, 5.41) is 8.23. The van der Waals surface area contributed by atoms with Crippen molar-refractivity contribution in [3.8, 4) is 0 Å². The zero-order valence-electron chi connectivity index (χ0n) is 11.7. The normalized spacial score (nSPS) is 17.1. The third-order valence-corrected chi connectivity index (χ3v) is 4.85. The van der Waals surface area contributed by atoms with Crippen LogP contribution in [0, 0.1) is 12.8 Å². The van der Waals surface area contributed by atoms with E-state index in [1.165, 1.54) is 31.4 Å². The van der Waals surface area contributed by atoms with Gasteiger partial charge in [0, 0.05) is 19.1 Å². The summed E-state index contributed by atoms with van der Waals surface area (Å²) in [4.78, 5) is 0. The highest BCUT2D eigenvalue weighted by molar-refractivity contribution is 9.10. The molecule has 0 aromatic carbocycles. The number of hydrogen-bond acceptors (Lipinski definition) is 2. The van der Waals surface area contributed by atoms with Crippen LogP contribution in [-0.4, -0.2) is 15.8 Å². The lowest BCUT2D eigenvalue weighted by Gasteiger charge is -2.17. The quantitative estimate of drug-likeness (QED) is 0.833. The Kier molecular flexibility index (Phi) is 4.84. The lowest BCUT2D eigenvalue weighted by atomic mass is 10.1. The number of rotatable bonds is 7. The van der Waals surface area contributed by atoms with Crippen molar-refractivity contribution in [2.24, 2.45) is 5.92 Å². The molecule has 1 aromatic rings. The van der Waals surface area contributed by atoms with Gasteiger partial charge in [-0.1, -0.05) is 19.8 Å².